The van der Waals surface area contributed by atoms with Crippen LogP contribution in [0.3, 0.4) is 0 Å². The standard InChI is InChI=1S/C17H13Cl2FN2O2/c1-17(10-5-7-11(18)8-6-10)15(23)22(16(24)21-17)9-12-13(19)3-2-4-14(12)20/h2-8H,9H2,1H3,(H,21,24)/t17-/m0/s1. The van der Waals surface area contributed by atoms with Crippen LogP contribution in [0.5, 0.6) is 0 Å². The predicted octanol–water partition coefficient (Wildman–Crippen LogP) is 4.10. The molecule has 7 heteroatoms. The first-order chi connectivity index (χ1) is 11.3. The minimum absolute atomic E-state index is 0.100. The van der Waals surface area contributed by atoms with Crippen LogP contribution in [0.1, 0.15) is 18.1 Å². The summed E-state index contributed by atoms with van der Waals surface area (Å²) in [6.07, 6.45) is 0. The van der Waals surface area contributed by atoms with Crippen molar-refractivity contribution in [1.82, 2.24) is 10.2 Å². The van der Waals surface area contributed by atoms with Gasteiger partial charge in [0.15, 0.2) is 0 Å². The number of nitrogens with zero attached hydrogens (tertiary/aromatic N) is 1. The fraction of sp³-hybridized carbons (Fsp3) is 0.176. The quantitative estimate of drug-likeness (QED) is 0.831. The van der Waals surface area contributed by atoms with Crippen LogP contribution < -0.4 is 5.32 Å². The molecule has 1 saturated heterocycles. The highest BCUT2D eigenvalue weighted by atomic mass is 35.5. The SMILES string of the molecule is C[C@@]1(c2ccc(Cl)cc2)NC(=O)N(Cc2c(F)cccc2Cl)C1=O. The minimum atomic E-state index is -1.24. The van der Waals surface area contributed by atoms with Crippen molar-refractivity contribution in [3.8, 4) is 0 Å². The Morgan fingerprint density at radius 1 is 1.12 bits per heavy atom. The summed E-state index contributed by atoms with van der Waals surface area (Å²) in [7, 11) is 0. The van der Waals surface area contributed by atoms with E-state index in [2.05, 4.69) is 5.32 Å². The molecule has 1 fully saturated rings. The lowest BCUT2D eigenvalue weighted by atomic mass is 9.92. The highest BCUT2D eigenvalue weighted by molar-refractivity contribution is 6.31. The van der Waals surface area contributed by atoms with Gasteiger partial charge in [-0.2, -0.15) is 0 Å². The van der Waals surface area contributed by atoms with Gasteiger partial charge in [-0.3, -0.25) is 9.69 Å². The molecule has 2 aromatic carbocycles. The van der Waals surface area contributed by atoms with E-state index in [1.54, 1.807) is 31.2 Å². The number of nitrogens with one attached hydrogen (secondary N) is 1. The Labute approximate surface area is 148 Å². The van der Waals surface area contributed by atoms with E-state index in [0.29, 0.717) is 10.6 Å². The van der Waals surface area contributed by atoms with Crippen molar-refractivity contribution < 1.29 is 14.0 Å². The van der Waals surface area contributed by atoms with Crippen molar-refractivity contribution in [2.24, 2.45) is 0 Å². The van der Waals surface area contributed by atoms with Crippen LogP contribution >= 0.6 is 23.2 Å². The van der Waals surface area contributed by atoms with E-state index in [-0.39, 0.29) is 17.1 Å². The van der Waals surface area contributed by atoms with Gasteiger partial charge in [-0.25, -0.2) is 9.18 Å². The predicted molar refractivity (Wildman–Crippen MR) is 89.3 cm³/mol. The van der Waals surface area contributed by atoms with Crippen molar-refractivity contribution in [1.29, 1.82) is 0 Å². The van der Waals surface area contributed by atoms with Crippen molar-refractivity contribution in [2.75, 3.05) is 0 Å². The van der Waals surface area contributed by atoms with Crippen LogP contribution in [0, 0.1) is 5.82 Å². The molecule has 4 nitrogen and oxygen atoms in total. The van der Waals surface area contributed by atoms with Gasteiger partial charge in [0.05, 0.1) is 6.54 Å². The van der Waals surface area contributed by atoms with E-state index in [9.17, 15) is 14.0 Å². The smallest absolute Gasteiger partial charge is 0.319 e. The van der Waals surface area contributed by atoms with Gasteiger partial charge >= 0.3 is 6.03 Å². The number of halogens is 3. The van der Waals surface area contributed by atoms with Crippen LogP contribution in [0.25, 0.3) is 0 Å². The Bertz CT molecular complexity index is 806. The Hall–Kier alpha value is -2.11. The highest BCUT2D eigenvalue weighted by Crippen LogP contribution is 2.31. The van der Waals surface area contributed by atoms with Crippen molar-refractivity contribution in [2.45, 2.75) is 19.0 Å². The van der Waals surface area contributed by atoms with Crippen molar-refractivity contribution in [3.63, 3.8) is 0 Å². The largest absolute Gasteiger partial charge is 0.325 e. The summed E-state index contributed by atoms with van der Waals surface area (Å²) in [4.78, 5) is 26.0. The second-order valence-corrected chi connectivity index (χ2v) is 6.50. The minimum Gasteiger partial charge on any atom is -0.319 e. The molecule has 24 heavy (non-hydrogen) atoms. The average molecular weight is 367 g/mol. The molecule has 0 saturated carbocycles. The van der Waals surface area contributed by atoms with Gasteiger partial charge in [-0.05, 0) is 36.8 Å². The first kappa shape index (κ1) is 16.7. The number of carbonyl (C=O) groups excluding carboxylic acids is 2. The van der Waals surface area contributed by atoms with E-state index in [1.165, 1.54) is 18.2 Å². The topological polar surface area (TPSA) is 49.4 Å². The molecule has 0 aromatic heterocycles. The summed E-state index contributed by atoms with van der Waals surface area (Å²) in [6, 6.07) is 10.2. The van der Waals surface area contributed by atoms with Gasteiger partial charge in [0.25, 0.3) is 5.91 Å². The molecule has 1 aliphatic heterocycles. The number of imide groups is 1. The number of rotatable bonds is 3. The van der Waals surface area contributed by atoms with E-state index in [1.807, 2.05) is 0 Å². The Kier molecular flexibility index (Phi) is 4.24. The number of hydrogen-bond acceptors (Lipinski definition) is 2. The molecular weight excluding hydrogens is 354 g/mol. The van der Waals surface area contributed by atoms with E-state index in [4.69, 9.17) is 23.2 Å². The van der Waals surface area contributed by atoms with Crippen LogP contribution in [0.2, 0.25) is 10.0 Å². The molecule has 2 aromatic rings. The molecule has 0 aliphatic carbocycles. The summed E-state index contributed by atoms with van der Waals surface area (Å²) in [5, 5.41) is 3.34. The van der Waals surface area contributed by atoms with Crippen molar-refractivity contribution >= 4 is 35.1 Å². The second-order valence-electron chi connectivity index (χ2n) is 5.65. The fourth-order valence-corrected chi connectivity index (χ4v) is 3.01. The highest BCUT2D eigenvalue weighted by Gasteiger charge is 2.49. The molecular formula is C17H13Cl2FN2O2. The average Bonchev–Trinajstić information content (AvgIpc) is 2.75. The monoisotopic (exact) mass is 366 g/mol. The Morgan fingerprint density at radius 3 is 2.42 bits per heavy atom. The molecule has 3 amide bonds. The molecule has 1 N–H and O–H groups in total. The molecule has 1 atom stereocenters. The molecule has 0 unspecified atom stereocenters. The van der Waals surface area contributed by atoms with Gasteiger partial charge in [0, 0.05) is 15.6 Å². The molecule has 1 aliphatic rings. The zero-order valence-electron chi connectivity index (χ0n) is 12.6. The maximum atomic E-state index is 13.9. The van der Waals surface area contributed by atoms with Gasteiger partial charge in [-0.1, -0.05) is 41.4 Å². The third-order valence-electron chi connectivity index (χ3n) is 4.07. The maximum Gasteiger partial charge on any atom is 0.325 e. The Morgan fingerprint density at radius 2 is 1.79 bits per heavy atom. The summed E-state index contributed by atoms with van der Waals surface area (Å²) >= 11 is 11.8. The lowest BCUT2D eigenvalue weighted by Crippen LogP contribution is -2.40. The van der Waals surface area contributed by atoms with Gasteiger partial charge in [-0.15, -0.1) is 0 Å². The van der Waals surface area contributed by atoms with Crippen molar-refractivity contribution in [3.05, 3.63) is 69.5 Å². The number of carbonyl (C=O) groups is 2. The van der Waals surface area contributed by atoms with Crippen LogP contribution in [-0.2, 0) is 16.9 Å². The molecule has 0 bridgehead atoms. The third-order valence-corrected chi connectivity index (χ3v) is 4.68. The number of amides is 3. The summed E-state index contributed by atoms with van der Waals surface area (Å²) in [6.45, 7) is 1.36. The lowest BCUT2D eigenvalue weighted by molar-refractivity contribution is -0.131. The zero-order chi connectivity index (χ0) is 17.5. The molecule has 3 rings (SSSR count). The van der Waals surface area contributed by atoms with Crippen LogP contribution in [0.4, 0.5) is 9.18 Å². The van der Waals surface area contributed by atoms with Crippen LogP contribution in [-0.4, -0.2) is 16.8 Å². The van der Waals surface area contributed by atoms with E-state index >= 15 is 0 Å². The molecule has 0 radical (unpaired) electrons. The fourth-order valence-electron chi connectivity index (χ4n) is 2.66. The summed E-state index contributed by atoms with van der Waals surface area (Å²) < 4.78 is 13.9. The summed E-state index contributed by atoms with van der Waals surface area (Å²) in [5.41, 5.74) is -0.547. The number of urea groups is 1. The maximum absolute atomic E-state index is 13.9. The zero-order valence-corrected chi connectivity index (χ0v) is 14.2. The lowest BCUT2D eigenvalue weighted by Gasteiger charge is -2.22. The second kappa shape index (κ2) is 6.07. The third kappa shape index (κ3) is 2.74. The van der Waals surface area contributed by atoms with Crippen LogP contribution in [0.15, 0.2) is 42.5 Å². The van der Waals surface area contributed by atoms with E-state index in [0.717, 1.165) is 4.90 Å². The first-order valence-electron chi connectivity index (χ1n) is 7.16. The molecule has 124 valence electrons. The van der Waals surface area contributed by atoms with Gasteiger partial charge < -0.3 is 5.32 Å². The Balaban J connectivity index is 1.93. The van der Waals surface area contributed by atoms with Gasteiger partial charge in [0.2, 0.25) is 0 Å². The first-order valence-corrected chi connectivity index (χ1v) is 7.91. The normalized spacial score (nSPS) is 20.4. The molecule has 1 heterocycles. The van der Waals surface area contributed by atoms with Gasteiger partial charge in [0.1, 0.15) is 11.4 Å². The van der Waals surface area contributed by atoms with E-state index < -0.39 is 23.3 Å². The number of hydrogen-bond donors (Lipinski definition) is 1. The summed E-state index contributed by atoms with van der Waals surface area (Å²) in [5.74, 6) is -1.04. The number of benzene rings is 2. The molecule has 0 spiro atoms.